The number of nitrogens with one attached hydrogen (secondary N) is 2. The summed E-state index contributed by atoms with van der Waals surface area (Å²) in [5, 5.41) is 4.97. The summed E-state index contributed by atoms with van der Waals surface area (Å²) in [5.41, 5.74) is 2.86. The Labute approximate surface area is 123 Å². The number of hydrazine groups is 1. The number of anilines is 1. The first-order valence-electron chi connectivity index (χ1n) is 7.30. The number of nitrogens with zero attached hydrogens (tertiary/aromatic N) is 1. The van der Waals surface area contributed by atoms with E-state index < -0.39 is 0 Å². The Morgan fingerprint density at radius 3 is 2.71 bits per heavy atom. The fourth-order valence-corrected chi connectivity index (χ4v) is 3.04. The van der Waals surface area contributed by atoms with Crippen LogP contribution in [0.2, 0.25) is 0 Å². The predicted molar refractivity (Wildman–Crippen MR) is 83.9 cm³/mol. The number of hydrogen-bond acceptors (Lipinski definition) is 4. The van der Waals surface area contributed by atoms with Gasteiger partial charge in [-0.25, -0.2) is 10.8 Å². The number of nitrogens with two attached hydrogens (primary N) is 1. The highest BCUT2D eigenvalue weighted by Crippen LogP contribution is 2.29. The van der Waals surface area contributed by atoms with E-state index in [9.17, 15) is 4.79 Å². The average molecular weight is 284 g/mol. The quantitative estimate of drug-likeness (QED) is 0.598. The second-order valence-electron chi connectivity index (χ2n) is 5.94. The first-order valence-corrected chi connectivity index (χ1v) is 7.30. The van der Waals surface area contributed by atoms with Gasteiger partial charge in [-0.05, 0) is 31.2 Å². The molecule has 110 valence electrons. The lowest BCUT2D eigenvalue weighted by Gasteiger charge is -2.25. The lowest BCUT2D eigenvalue weighted by atomic mass is 10.0. The van der Waals surface area contributed by atoms with Gasteiger partial charge in [0.2, 0.25) is 0 Å². The summed E-state index contributed by atoms with van der Waals surface area (Å²) < 4.78 is 0. The second kappa shape index (κ2) is 5.33. The molecular weight excluding hydrogens is 264 g/mol. The van der Waals surface area contributed by atoms with E-state index in [1.807, 2.05) is 30.3 Å². The van der Waals surface area contributed by atoms with E-state index in [4.69, 9.17) is 5.84 Å². The summed E-state index contributed by atoms with van der Waals surface area (Å²) in [5.74, 6) is 5.92. The van der Waals surface area contributed by atoms with Crippen molar-refractivity contribution in [2.45, 2.75) is 38.1 Å². The summed E-state index contributed by atoms with van der Waals surface area (Å²) in [6.45, 7) is 2.10. The molecule has 0 bridgehead atoms. The van der Waals surface area contributed by atoms with Gasteiger partial charge in [0, 0.05) is 10.9 Å². The molecular formula is C16H20N4O. The molecule has 1 aromatic carbocycles. The van der Waals surface area contributed by atoms with Crippen LogP contribution >= 0.6 is 0 Å². The highest BCUT2D eigenvalue weighted by molar-refractivity contribution is 6.00. The maximum Gasteiger partial charge on any atom is 0.270 e. The number of nitrogen functional groups attached to an aromatic ring is 1. The molecule has 0 spiro atoms. The van der Waals surface area contributed by atoms with Crippen molar-refractivity contribution in [3.05, 3.63) is 36.0 Å². The number of aromatic nitrogens is 1. The van der Waals surface area contributed by atoms with Gasteiger partial charge in [0.15, 0.2) is 0 Å². The van der Waals surface area contributed by atoms with Crippen molar-refractivity contribution in [3.8, 4) is 0 Å². The molecule has 1 aliphatic rings. The van der Waals surface area contributed by atoms with E-state index in [0.717, 1.165) is 36.5 Å². The maximum atomic E-state index is 12.5. The number of rotatable bonds is 3. The SMILES string of the molecule is CC1(NC(=O)c2cc3ccccc3c(NN)n2)CCCC1. The normalized spacial score (nSPS) is 16.9. The van der Waals surface area contributed by atoms with E-state index in [1.165, 1.54) is 0 Å². The molecule has 3 rings (SSSR count). The largest absolute Gasteiger partial charge is 0.346 e. The predicted octanol–water partition coefficient (Wildman–Crippen LogP) is 2.58. The Morgan fingerprint density at radius 1 is 1.29 bits per heavy atom. The van der Waals surface area contributed by atoms with Gasteiger partial charge in [-0.3, -0.25) is 4.79 Å². The smallest absolute Gasteiger partial charge is 0.270 e. The molecule has 1 saturated carbocycles. The van der Waals surface area contributed by atoms with E-state index >= 15 is 0 Å². The molecule has 1 aliphatic carbocycles. The zero-order chi connectivity index (χ0) is 14.9. The standard InChI is InChI=1S/C16H20N4O/c1-16(8-4-5-9-16)19-15(21)13-10-11-6-2-3-7-12(11)14(18-13)20-17/h2-3,6-7,10H,4-5,8-9,17H2,1H3,(H,18,20)(H,19,21). The monoisotopic (exact) mass is 284 g/mol. The lowest BCUT2D eigenvalue weighted by molar-refractivity contribution is 0.0903. The van der Waals surface area contributed by atoms with Crippen molar-refractivity contribution < 1.29 is 4.79 Å². The molecule has 0 aliphatic heterocycles. The van der Waals surface area contributed by atoms with Gasteiger partial charge in [0.05, 0.1) is 0 Å². The highest BCUT2D eigenvalue weighted by Gasteiger charge is 2.30. The fraction of sp³-hybridized carbons (Fsp3) is 0.375. The van der Waals surface area contributed by atoms with Crippen LogP contribution in [-0.4, -0.2) is 16.4 Å². The van der Waals surface area contributed by atoms with Gasteiger partial charge in [-0.1, -0.05) is 37.1 Å². The number of benzene rings is 1. The van der Waals surface area contributed by atoms with Crippen molar-refractivity contribution in [1.82, 2.24) is 10.3 Å². The van der Waals surface area contributed by atoms with Gasteiger partial charge in [0.25, 0.3) is 5.91 Å². The molecule has 2 aromatic rings. The Kier molecular flexibility index (Phi) is 3.51. The summed E-state index contributed by atoms with van der Waals surface area (Å²) in [7, 11) is 0. The molecule has 0 saturated heterocycles. The minimum atomic E-state index is -0.137. The fourth-order valence-electron chi connectivity index (χ4n) is 3.04. The molecule has 1 amide bonds. The van der Waals surface area contributed by atoms with Crippen molar-refractivity contribution in [3.63, 3.8) is 0 Å². The molecule has 0 unspecified atom stereocenters. The van der Waals surface area contributed by atoms with Crippen LogP contribution in [0, 0.1) is 0 Å². The zero-order valence-corrected chi connectivity index (χ0v) is 12.1. The number of carbonyl (C=O) groups excluding carboxylic acids is 1. The third-order valence-corrected chi connectivity index (χ3v) is 4.23. The summed E-state index contributed by atoms with van der Waals surface area (Å²) in [4.78, 5) is 16.8. The third-order valence-electron chi connectivity index (χ3n) is 4.23. The van der Waals surface area contributed by atoms with E-state index in [-0.39, 0.29) is 11.4 Å². The topological polar surface area (TPSA) is 80.0 Å². The van der Waals surface area contributed by atoms with E-state index in [0.29, 0.717) is 11.5 Å². The Morgan fingerprint density at radius 2 is 2.00 bits per heavy atom. The van der Waals surface area contributed by atoms with Crippen molar-refractivity contribution >= 4 is 22.5 Å². The van der Waals surface area contributed by atoms with Gasteiger partial charge < -0.3 is 10.7 Å². The van der Waals surface area contributed by atoms with Crippen molar-refractivity contribution in [1.29, 1.82) is 0 Å². The Hall–Kier alpha value is -2.14. The van der Waals surface area contributed by atoms with Crippen LogP contribution in [0.25, 0.3) is 10.8 Å². The molecule has 0 radical (unpaired) electrons. The highest BCUT2D eigenvalue weighted by atomic mass is 16.2. The first-order chi connectivity index (χ1) is 10.1. The second-order valence-corrected chi connectivity index (χ2v) is 5.94. The number of pyridine rings is 1. The van der Waals surface area contributed by atoms with Gasteiger partial charge >= 0.3 is 0 Å². The van der Waals surface area contributed by atoms with Crippen LogP contribution in [0.3, 0.4) is 0 Å². The summed E-state index contributed by atoms with van der Waals surface area (Å²) in [6.07, 6.45) is 4.37. The van der Waals surface area contributed by atoms with Gasteiger partial charge in [0.1, 0.15) is 11.5 Å². The maximum absolute atomic E-state index is 12.5. The molecule has 1 aromatic heterocycles. The lowest BCUT2D eigenvalue weighted by Crippen LogP contribution is -2.43. The Bertz CT molecular complexity index is 677. The van der Waals surface area contributed by atoms with Gasteiger partial charge in [-0.15, -0.1) is 0 Å². The molecule has 4 N–H and O–H groups in total. The number of hydrogen-bond donors (Lipinski definition) is 3. The number of carbonyl (C=O) groups is 1. The average Bonchev–Trinajstić information content (AvgIpc) is 2.92. The molecule has 5 nitrogen and oxygen atoms in total. The van der Waals surface area contributed by atoms with Gasteiger partial charge in [-0.2, -0.15) is 0 Å². The molecule has 5 heteroatoms. The Balaban J connectivity index is 1.94. The molecule has 1 heterocycles. The number of fused-ring (bicyclic) bond motifs is 1. The van der Waals surface area contributed by atoms with Crippen LogP contribution in [0.15, 0.2) is 30.3 Å². The summed E-state index contributed by atoms with van der Waals surface area (Å²) in [6, 6.07) is 9.54. The third kappa shape index (κ3) is 2.69. The van der Waals surface area contributed by atoms with Crippen LogP contribution in [0.4, 0.5) is 5.82 Å². The first kappa shape index (κ1) is 13.8. The number of amides is 1. The summed E-state index contributed by atoms with van der Waals surface area (Å²) >= 11 is 0. The van der Waals surface area contributed by atoms with E-state index in [2.05, 4.69) is 22.7 Å². The zero-order valence-electron chi connectivity index (χ0n) is 12.1. The van der Waals surface area contributed by atoms with Crippen molar-refractivity contribution in [2.24, 2.45) is 5.84 Å². The molecule has 21 heavy (non-hydrogen) atoms. The van der Waals surface area contributed by atoms with Crippen LogP contribution in [0.5, 0.6) is 0 Å². The minimum absolute atomic E-state index is 0.110. The molecule has 0 atom stereocenters. The van der Waals surface area contributed by atoms with Crippen LogP contribution in [0.1, 0.15) is 43.1 Å². The molecule has 1 fully saturated rings. The minimum Gasteiger partial charge on any atom is -0.346 e. The van der Waals surface area contributed by atoms with Crippen molar-refractivity contribution in [2.75, 3.05) is 5.43 Å². The van der Waals surface area contributed by atoms with E-state index in [1.54, 1.807) is 0 Å². The van der Waals surface area contributed by atoms with Crippen LogP contribution < -0.4 is 16.6 Å². The van der Waals surface area contributed by atoms with Crippen LogP contribution in [-0.2, 0) is 0 Å².